The van der Waals surface area contributed by atoms with E-state index in [2.05, 4.69) is 4.90 Å². The van der Waals surface area contributed by atoms with E-state index < -0.39 is 11.6 Å². The minimum atomic E-state index is -0.783. The SMILES string of the molecule is COCCN1CCN(c2cccc(F)c2F)CC1. The fourth-order valence-corrected chi connectivity index (χ4v) is 2.17. The highest BCUT2D eigenvalue weighted by Crippen LogP contribution is 2.22. The van der Waals surface area contributed by atoms with Gasteiger partial charge in [0.25, 0.3) is 0 Å². The van der Waals surface area contributed by atoms with Crippen LogP contribution in [-0.2, 0) is 4.74 Å². The van der Waals surface area contributed by atoms with Gasteiger partial charge < -0.3 is 9.64 Å². The van der Waals surface area contributed by atoms with Crippen molar-refractivity contribution in [1.29, 1.82) is 0 Å². The van der Waals surface area contributed by atoms with Crippen LogP contribution in [0.2, 0.25) is 0 Å². The molecule has 1 aliphatic rings. The van der Waals surface area contributed by atoms with Gasteiger partial charge in [-0.3, -0.25) is 4.90 Å². The molecule has 0 radical (unpaired) electrons. The van der Waals surface area contributed by atoms with Crippen LogP contribution in [-0.4, -0.2) is 51.3 Å². The monoisotopic (exact) mass is 256 g/mol. The second-order valence-electron chi connectivity index (χ2n) is 4.39. The molecule has 100 valence electrons. The van der Waals surface area contributed by atoms with Crippen LogP contribution in [0.25, 0.3) is 0 Å². The number of piperazine rings is 1. The summed E-state index contributed by atoms with van der Waals surface area (Å²) in [6.07, 6.45) is 0. The Balaban J connectivity index is 1.95. The van der Waals surface area contributed by atoms with Gasteiger partial charge in [0.2, 0.25) is 0 Å². The van der Waals surface area contributed by atoms with E-state index in [4.69, 9.17) is 4.74 Å². The largest absolute Gasteiger partial charge is 0.383 e. The Bertz CT molecular complexity index is 393. The van der Waals surface area contributed by atoms with Crippen LogP contribution in [0.4, 0.5) is 14.5 Å². The third-order valence-corrected chi connectivity index (χ3v) is 3.26. The Labute approximate surface area is 106 Å². The summed E-state index contributed by atoms with van der Waals surface area (Å²) < 4.78 is 31.8. The molecular formula is C13H18F2N2O. The normalized spacial score (nSPS) is 17.2. The quantitative estimate of drug-likeness (QED) is 0.816. The van der Waals surface area contributed by atoms with Crippen molar-refractivity contribution in [3.05, 3.63) is 29.8 Å². The van der Waals surface area contributed by atoms with E-state index in [9.17, 15) is 8.78 Å². The van der Waals surface area contributed by atoms with Crippen LogP contribution in [0.1, 0.15) is 0 Å². The Morgan fingerprint density at radius 1 is 1.17 bits per heavy atom. The molecule has 0 atom stereocenters. The van der Waals surface area contributed by atoms with E-state index in [0.717, 1.165) is 25.7 Å². The molecule has 18 heavy (non-hydrogen) atoms. The molecule has 1 heterocycles. The summed E-state index contributed by atoms with van der Waals surface area (Å²) in [5.74, 6) is -1.53. The zero-order chi connectivity index (χ0) is 13.0. The molecule has 1 fully saturated rings. The number of methoxy groups -OCH3 is 1. The van der Waals surface area contributed by atoms with Crippen molar-refractivity contribution in [2.24, 2.45) is 0 Å². The number of ether oxygens (including phenoxy) is 1. The van der Waals surface area contributed by atoms with Crippen molar-refractivity contribution in [2.45, 2.75) is 0 Å². The number of halogens is 2. The lowest BCUT2D eigenvalue weighted by Crippen LogP contribution is -2.47. The lowest BCUT2D eigenvalue weighted by molar-refractivity contribution is 0.144. The van der Waals surface area contributed by atoms with Crippen molar-refractivity contribution >= 4 is 5.69 Å². The average molecular weight is 256 g/mol. The van der Waals surface area contributed by atoms with Crippen molar-refractivity contribution in [3.63, 3.8) is 0 Å². The summed E-state index contributed by atoms with van der Waals surface area (Å²) in [6.45, 7) is 4.71. The molecule has 0 aromatic heterocycles. The zero-order valence-electron chi connectivity index (χ0n) is 10.5. The molecule has 5 heteroatoms. The van der Waals surface area contributed by atoms with Gasteiger partial charge in [-0.05, 0) is 12.1 Å². The van der Waals surface area contributed by atoms with Crippen LogP contribution >= 0.6 is 0 Å². The van der Waals surface area contributed by atoms with Gasteiger partial charge in [0.15, 0.2) is 11.6 Å². The number of rotatable bonds is 4. The van der Waals surface area contributed by atoms with Gasteiger partial charge in [0.1, 0.15) is 0 Å². The predicted octanol–water partition coefficient (Wildman–Crippen LogP) is 1.73. The molecule has 0 amide bonds. The molecule has 0 saturated carbocycles. The fourth-order valence-electron chi connectivity index (χ4n) is 2.17. The first-order chi connectivity index (χ1) is 8.72. The maximum absolute atomic E-state index is 13.6. The Kier molecular flexibility index (Phi) is 4.49. The molecule has 1 aromatic carbocycles. The van der Waals surface area contributed by atoms with E-state index in [1.807, 2.05) is 4.90 Å². The Morgan fingerprint density at radius 3 is 2.56 bits per heavy atom. The second-order valence-corrected chi connectivity index (χ2v) is 4.39. The van der Waals surface area contributed by atoms with E-state index in [0.29, 0.717) is 25.4 Å². The number of nitrogens with zero attached hydrogens (tertiary/aromatic N) is 2. The molecule has 0 N–H and O–H groups in total. The third-order valence-electron chi connectivity index (χ3n) is 3.26. The van der Waals surface area contributed by atoms with Crippen LogP contribution in [0.3, 0.4) is 0 Å². The van der Waals surface area contributed by atoms with Gasteiger partial charge in [-0.2, -0.15) is 0 Å². The number of hydrogen-bond acceptors (Lipinski definition) is 3. The first kappa shape index (κ1) is 13.2. The van der Waals surface area contributed by atoms with Crippen molar-refractivity contribution < 1.29 is 13.5 Å². The van der Waals surface area contributed by atoms with E-state index in [1.54, 1.807) is 19.2 Å². The van der Waals surface area contributed by atoms with Gasteiger partial charge >= 0.3 is 0 Å². The first-order valence-electron chi connectivity index (χ1n) is 6.12. The molecule has 1 saturated heterocycles. The molecule has 1 aromatic rings. The second kappa shape index (κ2) is 6.11. The number of hydrogen-bond donors (Lipinski definition) is 0. The smallest absolute Gasteiger partial charge is 0.182 e. The van der Waals surface area contributed by atoms with E-state index >= 15 is 0 Å². The lowest BCUT2D eigenvalue weighted by atomic mass is 10.2. The first-order valence-corrected chi connectivity index (χ1v) is 6.12. The van der Waals surface area contributed by atoms with Crippen LogP contribution in [0.15, 0.2) is 18.2 Å². The summed E-state index contributed by atoms with van der Waals surface area (Å²) in [7, 11) is 1.68. The molecule has 1 aliphatic heterocycles. The highest BCUT2D eigenvalue weighted by molar-refractivity contribution is 5.48. The minimum absolute atomic E-state index is 0.362. The summed E-state index contributed by atoms with van der Waals surface area (Å²) in [6, 6.07) is 4.32. The van der Waals surface area contributed by atoms with Crippen LogP contribution in [0, 0.1) is 11.6 Å². The molecule has 0 bridgehead atoms. The molecule has 0 spiro atoms. The summed E-state index contributed by atoms with van der Waals surface area (Å²) in [5, 5.41) is 0. The van der Waals surface area contributed by atoms with Crippen LogP contribution in [0.5, 0.6) is 0 Å². The summed E-state index contributed by atoms with van der Waals surface area (Å²) in [4.78, 5) is 4.15. The molecular weight excluding hydrogens is 238 g/mol. The molecule has 3 nitrogen and oxygen atoms in total. The Morgan fingerprint density at radius 2 is 1.89 bits per heavy atom. The standard InChI is InChI=1S/C13H18F2N2O/c1-18-10-9-16-5-7-17(8-6-16)12-4-2-3-11(14)13(12)15/h2-4H,5-10H2,1H3. The zero-order valence-corrected chi connectivity index (χ0v) is 10.5. The molecule has 0 unspecified atom stereocenters. The third kappa shape index (κ3) is 2.97. The predicted molar refractivity (Wildman–Crippen MR) is 66.9 cm³/mol. The minimum Gasteiger partial charge on any atom is -0.383 e. The maximum Gasteiger partial charge on any atom is 0.182 e. The van der Waals surface area contributed by atoms with Crippen molar-refractivity contribution in [3.8, 4) is 0 Å². The number of anilines is 1. The fraction of sp³-hybridized carbons (Fsp3) is 0.538. The summed E-state index contributed by atoms with van der Waals surface area (Å²) >= 11 is 0. The molecule has 2 rings (SSSR count). The van der Waals surface area contributed by atoms with Gasteiger partial charge in [-0.15, -0.1) is 0 Å². The molecule has 0 aliphatic carbocycles. The topological polar surface area (TPSA) is 15.7 Å². The Hall–Kier alpha value is -1.20. The van der Waals surface area contributed by atoms with Gasteiger partial charge in [-0.1, -0.05) is 6.07 Å². The highest BCUT2D eigenvalue weighted by atomic mass is 19.2. The van der Waals surface area contributed by atoms with E-state index in [1.165, 1.54) is 0 Å². The van der Waals surface area contributed by atoms with Gasteiger partial charge in [-0.25, -0.2) is 8.78 Å². The van der Waals surface area contributed by atoms with Crippen molar-refractivity contribution in [2.75, 3.05) is 51.3 Å². The summed E-state index contributed by atoms with van der Waals surface area (Å²) in [5.41, 5.74) is 0.362. The van der Waals surface area contributed by atoms with Gasteiger partial charge in [0.05, 0.1) is 12.3 Å². The lowest BCUT2D eigenvalue weighted by Gasteiger charge is -2.36. The highest BCUT2D eigenvalue weighted by Gasteiger charge is 2.20. The van der Waals surface area contributed by atoms with E-state index in [-0.39, 0.29) is 0 Å². The van der Waals surface area contributed by atoms with Crippen LogP contribution < -0.4 is 4.90 Å². The van der Waals surface area contributed by atoms with Gasteiger partial charge in [0, 0.05) is 39.8 Å². The number of benzene rings is 1. The van der Waals surface area contributed by atoms with Crippen molar-refractivity contribution in [1.82, 2.24) is 4.90 Å². The maximum atomic E-state index is 13.6. The average Bonchev–Trinajstić information content (AvgIpc) is 2.40.